The molecule has 0 unspecified atom stereocenters. The topological polar surface area (TPSA) is 83.0 Å². The number of para-hydroxylation sites is 1. The van der Waals surface area contributed by atoms with E-state index in [1.807, 2.05) is 6.07 Å². The SMILES string of the molecule is Cn1c(=O)n(-c2ccccc2)c2cc([N+](=O)[O-])cnc21. The standard InChI is InChI=1S/C13H10N4O3/c1-15-12-11(7-10(8-14-12)17(19)20)16(13(15)18)9-5-3-2-4-6-9/h2-8H,1H3. The summed E-state index contributed by atoms with van der Waals surface area (Å²) in [6.45, 7) is 0. The molecular weight excluding hydrogens is 260 g/mol. The lowest BCUT2D eigenvalue weighted by Gasteiger charge is -2.01. The number of rotatable bonds is 2. The summed E-state index contributed by atoms with van der Waals surface area (Å²) < 4.78 is 2.78. The van der Waals surface area contributed by atoms with E-state index < -0.39 is 4.92 Å². The first kappa shape index (κ1) is 12.1. The first-order valence-corrected chi connectivity index (χ1v) is 5.87. The van der Waals surface area contributed by atoms with Crippen LogP contribution in [0.4, 0.5) is 5.69 Å². The van der Waals surface area contributed by atoms with Crippen LogP contribution in [0, 0.1) is 10.1 Å². The molecule has 0 saturated carbocycles. The number of aryl methyl sites for hydroxylation is 1. The van der Waals surface area contributed by atoms with E-state index in [-0.39, 0.29) is 11.4 Å². The predicted molar refractivity (Wildman–Crippen MR) is 73.0 cm³/mol. The quantitative estimate of drug-likeness (QED) is 0.523. The summed E-state index contributed by atoms with van der Waals surface area (Å²) in [5, 5.41) is 10.9. The molecule has 0 saturated heterocycles. The maximum Gasteiger partial charge on any atom is 0.334 e. The molecule has 0 spiro atoms. The molecule has 7 nitrogen and oxygen atoms in total. The predicted octanol–water partition coefficient (Wildman–Crippen LogP) is 1.63. The van der Waals surface area contributed by atoms with Gasteiger partial charge in [0.25, 0.3) is 5.69 Å². The Balaban J connectivity index is 2.41. The fourth-order valence-electron chi connectivity index (χ4n) is 2.13. The number of hydrogen-bond donors (Lipinski definition) is 0. The number of imidazole rings is 1. The molecular formula is C13H10N4O3. The van der Waals surface area contributed by atoms with Gasteiger partial charge in [-0.2, -0.15) is 0 Å². The highest BCUT2D eigenvalue weighted by Gasteiger charge is 2.17. The van der Waals surface area contributed by atoms with Crippen LogP contribution in [0.3, 0.4) is 0 Å². The first-order chi connectivity index (χ1) is 9.59. The number of pyridine rings is 1. The third kappa shape index (κ3) is 1.68. The van der Waals surface area contributed by atoms with Gasteiger partial charge in [0, 0.05) is 13.1 Å². The Morgan fingerprint density at radius 3 is 2.60 bits per heavy atom. The van der Waals surface area contributed by atoms with Gasteiger partial charge in [0.2, 0.25) is 0 Å². The molecule has 3 rings (SSSR count). The van der Waals surface area contributed by atoms with E-state index in [1.54, 1.807) is 31.3 Å². The van der Waals surface area contributed by atoms with Crippen molar-refractivity contribution >= 4 is 16.9 Å². The fourth-order valence-corrected chi connectivity index (χ4v) is 2.13. The van der Waals surface area contributed by atoms with Gasteiger partial charge in [-0.05, 0) is 12.1 Å². The lowest BCUT2D eigenvalue weighted by Crippen LogP contribution is -2.20. The van der Waals surface area contributed by atoms with Crippen molar-refractivity contribution in [2.24, 2.45) is 7.05 Å². The molecule has 3 aromatic rings. The third-order valence-electron chi connectivity index (χ3n) is 3.09. The summed E-state index contributed by atoms with van der Waals surface area (Å²) in [7, 11) is 1.59. The zero-order chi connectivity index (χ0) is 14.3. The second-order valence-electron chi connectivity index (χ2n) is 4.31. The lowest BCUT2D eigenvalue weighted by molar-refractivity contribution is -0.385. The van der Waals surface area contributed by atoms with E-state index in [0.29, 0.717) is 16.9 Å². The van der Waals surface area contributed by atoms with Crippen molar-refractivity contribution in [2.75, 3.05) is 0 Å². The summed E-state index contributed by atoms with van der Waals surface area (Å²) in [6.07, 6.45) is 1.15. The summed E-state index contributed by atoms with van der Waals surface area (Å²) in [5.41, 5.74) is 1.03. The maximum atomic E-state index is 12.3. The second-order valence-corrected chi connectivity index (χ2v) is 4.31. The highest BCUT2D eigenvalue weighted by molar-refractivity contribution is 5.76. The number of nitrogens with zero attached hydrogens (tertiary/aromatic N) is 4. The molecule has 0 bridgehead atoms. The van der Waals surface area contributed by atoms with Gasteiger partial charge in [0.15, 0.2) is 5.65 Å². The Bertz CT molecular complexity index is 864. The summed E-state index contributed by atoms with van der Waals surface area (Å²) in [4.78, 5) is 26.6. The minimum Gasteiger partial charge on any atom is -0.279 e. The lowest BCUT2D eigenvalue weighted by atomic mass is 10.3. The van der Waals surface area contributed by atoms with Crippen molar-refractivity contribution in [2.45, 2.75) is 0 Å². The van der Waals surface area contributed by atoms with E-state index >= 15 is 0 Å². The first-order valence-electron chi connectivity index (χ1n) is 5.87. The Hall–Kier alpha value is -2.96. The van der Waals surface area contributed by atoms with Crippen LogP contribution < -0.4 is 5.69 Å². The van der Waals surface area contributed by atoms with Crippen LogP contribution in [0.2, 0.25) is 0 Å². The molecule has 100 valence electrons. The minimum absolute atomic E-state index is 0.146. The molecule has 2 heterocycles. The van der Waals surface area contributed by atoms with Crippen LogP contribution >= 0.6 is 0 Å². The van der Waals surface area contributed by atoms with Crippen molar-refractivity contribution in [1.82, 2.24) is 14.1 Å². The monoisotopic (exact) mass is 270 g/mol. The summed E-state index contributed by atoms with van der Waals surface area (Å²) in [6, 6.07) is 10.3. The summed E-state index contributed by atoms with van der Waals surface area (Å²) in [5.74, 6) is 0. The van der Waals surface area contributed by atoms with Crippen LogP contribution in [0.15, 0.2) is 47.4 Å². The molecule has 0 aliphatic heterocycles. The maximum absolute atomic E-state index is 12.3. The summed E-state index contributed by atoms with van der Waals surface area (Å²) >= 11 is 0. The van der Waals surface area contributed by atoms with Gasteiger partial charge in [0.1, 0.15) is 11.7 Å². The van der Waals surface area contributed by atoms with Crippen LogP contribution in [0.5, 0.6) is 0 Å². The van der Waals surface area contributed by atoms with Crippen LogP contribution in [-0.2, 0) is 7.05 Å². The van der Waals surface area contributed by atoms with Crippen molar-refractivity contribution in [1.29, 1.82) is 0 Å². The van der Waals surface area contributed by atoms with Gasteiger partial charge in [-0.1, -0.05) is 18.2 Å². The highest BCUT2D eigenvalue weighted by Crippen LogP contribution is 2.20. The van der Waals surface area contributed by atoms with Gasteiger partial charge in [0.05, 0.1) is 10.6 Å². The third-order valence-corrected chi connectivity index (χ3v) is 3.09. The van der Waals surface area contributed by atoms with Crippen LogP contribution in [0.25, 0.3) is 16.9 Å². The van der Waals surface area contributed by atoms with E-state index in [9.17, 15) is 14.9 Å². The molecule has 0 atom stereocenters. The number of fused-ring (bicyclic) bond motifs is 1. The molecule has 2 aromatic heterocycles. The van der Waals surface area contributed by atoms with Crippen molar-refractivity contribution in [3.05, 3.63) is 63.2 Å². The van der Waals surface area contributed by atoms with Crippen molar-refractivity contribution < 1.29 is 4.92 Å². The molecule has 0 N–H and O–H groups in total. The molecule has 1 aromatic carbocycles. The van der Waals surface area contributed by atoms with Gasteiger partial charge < -0.3 is 0 Å². The molecule has 0 aliphatic carbocycles. The molecule has 0 fully saturated rings. The van der Waals surface area contributed by atoms with Gasteiger partial charge in [-0.3, -0.25) is 19.2 Å². The van der Waals surface area contributed by atoms with Crippen molar-refractivity contribution in [3.8, 4) is 5.69 Å². The molecule has 0 radical (unpaired) electrons. The van der Waals surface area contributed by atoms with Crippen LogP contribution in [-0.4, -0.2) is 19.0 Å². The molecule has 0 aliphatic rings. The van der Waals surface area contributed by atoms with E-state index in [4.69, 9.17) is 0 Å². The smallest absolute Gasteiger partial charge is 0.279 e. The molecule has 7 heteroatoms. The Labute approximate surface area is 112 Å². The highest BCUT2D eigenvalue weighted by atomic mass is 16.6. The number of hydrogen-bond acceptors (Lipinski definition) is 4. The average molecular weight is 270 g/mol. The number of nitro groups is 1. The van der Waals surface area contributed by atoms with E-state index in [2.05, 4.69) is 4.98 Å². The largest absolute Gasteiger partial charge is 0.334 e. The Morgan fingerprint density at radius 1 is 1.25 bits per heavy atom. The van der Waals surface area contributed by atoms with E-state index in [0.717, 1.165) is 6.20 Å². The zero-order valence-corrected chi connectivity index (χ0v) is 10.6. The molecule has 0 amide bonds. The van der Waals surface area contributed by atoms with Gasteiger partial charge in [-0.15, -0.1) is 0 Å². The Morgan fingerprint density at radius 2 is 1.95 bits per heavy atom. The number of benzene rings is 1. The average Bonchev–Trinajstić information content (AvgIpc) is 2.71. The minimum atomic E-state index is -0.529. The van der Waals surface area contributed by atoms with Crippen LogP contribution in [0.1, 0.15) is 0 Å². The second kappa shape index (κ2) is 4.30. The van der Waals surface area contributed by atoms with Gasteiger partial charge in [-0.25, -0.2) is 9.78 Å². The Kier molecular flexibility index (Phi) is 2.60. The van der Waals surface area contributed by atoms with Crippen molar-refractivity contribution in [3.63, 3.8) is 0 Å². The van der Waals surface area contributed by atoms with E-state index in [1.165, 1.54) is 15.2 Å². The van der Waals surface area contributed by atoms with Gasteiger partial charge >= 0.3 is 5.69 Å². The normalized spacial score (nSPS) is 10.8. The molecule has 20 heavy (non-hydrogen) atoms. The fraction of sp³-hybridized carbons (Fsp3) is 0.0769. The number of aromatic nitrogens is 3. The zero-order valence-electron chi connectivity index (χ0n) is 10.6.